The fraction of sp³-hybridized carbons (Fsp3) is 0.462. The van der Waals surface area contributed by atoms with Gasteiger partial charge >= 0.3 is 5.97 Å². The second-order valence-electron chi connectivity index (χ2n) is 4.22. The van der Waals surface area contributed by atoms with Gasteiger partial charge in [-0.25, -0.2) is 4.79 Å². The summed E-state index contributed by atoms with van der Waals surface area (Å²) in [6.07, 6.45) is 1.59. The first-order valence-corrected chi connectivity index (χ1v) is 6.28. The standard InChI is InChI=1S/C13H18N2O4/c1-3-8-14(9-4-2)12-10(13(16)17)6-5-7-11(12)15(18)19/h5-7H,3-4,8-9H2,1-2H3,(H,16,17). The molecule has 0 spiro atoms. The lowest BCUT2D eigenvalue weighted by atomic mass is 10.1. The van der Waals surface area contributed by atoms with Crippen molar-refractivity contribution < 1.29 is 14.8 Å². The number of para-hydroxylation sites is 1. The van der Waals surface area contributed by atoms with E-state index >= 15 is 0 Å². The summed E-state index contributed by atoms with van der Waals surface area (Å²) in [5, 5.41) is 20.3. The summed E-state index contributed by atoms with van der Waals surface area (Å²) in [6.45, 7) is 5.10. The van der Waals surface area contributed by atoms with Crippen LogP contribution in [0.1, 0.15) is 37.0 Å². The van der Waals surface area contributed by atoms with Gasteiger partial charge in [0.25, 0.3) is 5.69 Å². The molecule has 6 nitrogen and oxygen atoms in total. The SMILES string of the molecule is CCCN(CCC)c1c(C(=O)O)cccc1[N+](=O)[O-]. The third-order valence-corrected chi connectivity index (χ3v) is 2.75. The fourth-order valence-corrected chi connectivity index (χ4v) is 2.06. The van der Waals surface area contributed by atoms with Gasteiger partial charge in [-0.3, -0.25) is 10.1 Å². The third-order valence-electron chi connectivity index (χ3n) is 2.75. The normalized spacial score (nSPS) is 10.2. The molecule has 0 saturated heterocycles. The van der Waals surface area contributed by atoms with Gasteiger partial charge in [0.15, 0.2) is 0 Å². The molecule has 6 heteroatoms. The second kappa shape index (κ2) is 6.72. The highest BCUT2D eigenvalue weighted by Crippen LogP contribution is 2.32. The van der Waals surface area contributed by atoms with E-state index in [1.165, 1.54) is 18.2 Å². The Morgan fingerprint density at radius 3 is 2.32 bits per heavy atom. The summed E-state index contributed by atoms with van der Waals surface area (Å²) in [6, 6.07) is 4.16. The van der Waals surface area contributed by atoms with Crippen LogP contribution in [0.25, 0.3) is 0 Å². The maximum atomic E-state index is 11.3. The molecule has 0 aliphatic carbocycles. The van der Waals surface area contributed by atoms with E-state index in [4.69, 9.17) is 0 Å². The van der Waals surface area contributed by atoms with Crippen molar-refractivity contribution in [3.8, 4) is 0 Å². The zero-order valence-electron chi connectivity index (χ0n) is 11.1. The van der Waals surface area contributed by atoms with Crippen molar-refractivity contribution in [3.05, 3.63) is 33.9 Å². The number of nitro groups is 1. The lowest BCUT2D eigenvalue weighted by molar-refractivity contribution is -0.384. The molecule has 0 saturated carbocycles. The van der Waals surface area contributed by atoms with Crippen LogP contribution >= 0.6 is 0 Å². The predicted octanol–water partition coefficient (Wildman–Crippen LogP) is 2.92. The number of aromatic carboxylic acids is 1. The minimum Gasteiger partial charge on any atom is -0.478 e. The fourth-order valence-electron chi connectivity index (χ4n) is 2.06. The Labute approximate surface area is 111 Å². The Morgan fingerprint density at radius 1 is 1.32 bits per heavy atom. The molecular formula is C13H18N2O4. The molecule has 104 valence electrons. The summed E-state index contributed by atoms with van der Waals surface area (Å²) in [5.74, 6) is -1.14. The molecule has 0 radical (unpaired) electrons. The van der Waals surface area contributed by atoms with Gasteiger partial charge in [-0.05, 0) is 18.9 Å². The molecule has 0 bridgehead atoms. The summed E-state index contributed by atoms with van der Waals surface area (Å²) >= 11 is 0. The average molecular weight is 266 g/mol. The van der Waals surface area contributed by atoms with Gasteiger partial charge in [-0.15, -0.1) is 0 Å². The topological polar surface area (TPSA) is 83.7 Å². The van der Waals surface area contributed by atoms with Gasteiger partial charge in [0.05, 0.1) is 10.5 Å². The van der Waals surface area contributed by atoms with E-state index < -0.39 is 10.9 Å². The highest BCUT2D eigenvalue weighted by atomic mass is 16.6. The van der Waals surface area contributed by atoms with Crippen molar-refractivity contribution in [1.82, 2.24) is 0 Å². The Morgan fingerprint density at radius 2 is 1.89 bits per heavy atom. The lowest BCUT2D eigenvalue weighted by Crippen LogP contribution is -2.27. The summed E-state index contributed by atoms with van der Waals surface area (Å²) in [5.41, 5.74) is 0.0431. The molecule has 1 N–H and O–H groups in total. The van der Waals surface area contributed by atoms with Gasteiger partial charge in [0.2, 0.25) is 0 Å². The quantitative estimate of drug-likeness (QED) is 0.606. The molecule has 0 aromatic heterocycles. The van der Waals surface area contributed by atoms with Crippen LogP contribution in [-0.2, 0) is 0 Å². The average Bonchev–Trinajstić information content (AvgIpc) is 2.37. The van der Waals surface area contributed by atoms with Crippen LogP contribution in [0.4, 0.5) is 11.4 Å². The first-order chi connectivity index (χ1) is 9.02. The molecule has 19 heavy (non-hydrogen) atoms. The number of carboxylic acids is 1. The molecular weight excluding hydrogens is 248 g/mol. The van der Waals surface area contributed by atoms with Gasteiger partial charge in [-0.1, -0.05) is 19.9 Å². The van der Waals surface area contributed by atoms with Gasteiger partial charge in [-0.2, -0.15) is 0 Å². The van der Waals surface area contributed by atoms with E-state index in [0.29, 0.717) is 13.1 Å². The van der Waals surface area contributed by atoms with E-state index in [2.05, 4.69) is 0 Å². The van der Waals surface area contributed by atoms with Crippen molar-refractivity contribution in [2.45, 2.75) is 26.7 Å². The largest absolute Gasteiger partial charge is 0.478 e. The molecule has 0 heterocycles. The minimum absolute atomic E-state index is 0.0175. The molecule has 0 unspecified atom stereocenters. The van der Waals surface area contributed by atoms with Crippen LogP contribution in [0.5, 0.6) is 0 Å². The molecule has 0 amide bonds. The van der Waals surface area contributed by atoms with E-state index in [-0.39, 0.29) is 16.9 Å². The molecule has 1 rings (SSSR count). The van der Waals surface area contributed by atoms with Crippen LogP contribution in [0.2, 0.25) is 0 Å². The van der Waals surface area contributed by atoms with Crippen molar-refractivity contribution in [1.29, 1.82) is 0 Å². The minimum atomic E-state index is -1.14. The zero-order chi connectivity index (χ0) is 14.4. The number of hydrogen-bond acceptors (Lipinski definition) is 4. The number of nitrogens with zero attached hydrogens (tertiary/aromatic N) is 2. The van der Waals surface area contributed by atoms with Gasteiger partial charge < -0.3 is 10.0 Å². The number of carboxylic acid groups (broad SMARTS) is 1. The van der Waals surface area contributed by atoms with Crippen LogP contribution in [0, 0.1) is 10.1 Å². The number of benzene rings is 1. The number of anilines is 1. The molecule has 1 aromatic carbocycles. The maximum absolute atomic E-state index is 11.3. The number of carbonyl (C=O) groups is 1. The monoisotopic (exact) mass is 266 g/mol. The van der Waals surface area contributed by atoms with E-state index in [0.717, 1.165) is 12.8 Å². The lowest BCUT2D eigenvalue weighted by Gasteiger charge is -2.24. The van der Waals surface area contributed by atoms with Gasteiger partial charge in [0.1, 0.15) is 5.69 Å². The summed E-state index contributed by atoms with van der Waals surface area (Å²) in [7, 11) is 0. The van der Waals surface area contributed by atoms with Crippen LogP contribution in [-0.4, -0.2) is 29.1 Å². The van der Waals surface area contributed by atoms with Crippen molar-refractivity contribution >= 4 is 17.3 Å². The molecule has 0 atom stereocenters. The van der Waals surface area contributed by atoms with Crippen LogP contribution in [0.15, 0.2) is 18.2 Å². The third kappa shape index (κ3) is 3.43. The van der Waals surface area contributed by atoms with Crippen molar-refractivity contribution in [2.24, 2.45) is 0 Å². The highest BCUT2D eigenvalue weighted by molar-refractivity contribution is 5.97. The van der Waals surface area contributed by atoms with E-state index in [9.17, 15) is 20.0 Å². The predicted molar refractivity (Wildman–Crippen MR) is 72.9 cm³/mol. The Hall–Kier alpha value is -2.11. The summed E-state index contributed by atoms with van der Waals surface area (Å²) in [4.78, 5) is 23.6. The van der Waals surface area contributed by atoms with Crippen molar-refractivity contribution in [2.75, 3.05) is 18.0 Å². The van der Waals surface area contributed by atoms with Gasteiger partial charge in [0, 0.05) is 19.2 Å². The number of hydrogen-bond donors (Lipinski definition) is 1. The Kier molecular flexibility index (Phi) is 5.29. The Balaban J connectivity index is 3.40. The summed E-state index contributed by atoms with van der Waals surface area (Å²) < 4.78 is 0. The number of nitro benzene ring substituents is 1. The number of rotatable bonds is 7. The molecule has 0 fully saturated rings. The maximum Gasteiger partial charge on any atom is 0.338 e. The molecule has 1 aromatic rings. The first kappa shape index (κ1) is 14.9. The smallest absolute Gasteiger partial charge is 0.338 e. The van der Waals surface area contributed by atoms with Crippen LogP contribution < -0.4 is 4.90 Å². The van der Waals surface area contributed by atoms with Crippen molar-refractivity contribution in [3.63, 3.8) is 0 Å². The van der Waals surface area contributed by atoms with E-state index in [1.807, 2.05) is 13.8 Å². The molecule has 0 aliphatic rings. The van der Waals surface area contributed by atoms with Crippen LogP contribution in [0.3, 0.4) is 0 Å². The zero-order valence-corrected chi connectivity index (χ0v) is 11.1. The van der Waals surface area contributed by atoms with E-state index in [1.54, 1.807) is 4.90 Å². The Bertz CT molecular complexity index is 435. The highest BCUT2D eigenvalue weighted by Gasteiger charge is 2.25. The molecule has 0 aliphatic heterocycles. The second-order valence-corrected chi connectivity index (χ2v) is 4.22. The first-order valence-electron chi connectivity index (χ1n) is 6.28.